The molecule has 0 spiro atoms. The zero-order valence-electron chi connectivity index (χ0n) is 7.78. The molecule has 2 atom stereocenters. The second-order valence-electron chi connectivity index (χ2n) is 3.96. The van der Waals surface area contributed by atoms with Crippen LogP contribution in [0.4, 0.5) is 0 Å². The Morgan fingerprint density at radius 3 is 2.43 bits per heavy atom. The molecule has 0 heterocycles. The van der Waals surface area contributed by atoms with Crippen molar-refractivity contribution in [3.63, 3.8) is 0 Å². The Bertz CT molecular complexity index is 475. The maximum atomic E-state index is 6.04. The van der Waals surface area contributed by atoms with E-state index in [0.29, 0.717) is 11.3 Å². The second-order valence-corrected chi connectivity index (χ2v) is 4.53. The van der Waals surface area contributed by atoms with Crippen LogP contribution >= 0.6 is 11.6 Å². The molecular formula is C13H11Cl. The van der Waals surface area contributed by atoms with Crippen LogP contribution in [0.25, 0.3) is 10.8 Å². The second kappa shape index (κ2) is 2.99. The Morgan fingerprint density at radius 1 is 1.00 bits per heavy atom. The summed E-state index contributed by atoms with van der Waals surface area (Å²) >= 11 is 6.04. The van der Waals surface area contributed by atoms with Gasteiger partial charge >= 0.3 is 0 Å². The summed E-state index contributed by atoms with van der Waals surface area (Å²) in [6.07, 6.45) is 1.14. The summed E-state index contributed by atoms with van der Waals surface area (Å²) in [6.45, 7) is 0. The van der Waals surface area contributed by atoms with Gasteiger partial charge in [-0.05, 0) is 22.8 Å². The molecule has 1 aliphatic rings. The Hall–Kier alpha value is -1.01. The van der Waals surface area contributed by atoms with Gasteiger partial charge in [0.05, 0.1) is 0 Å². The van der Waals surface area contributed by atoms with Crippen molar-refractivity contribution in [3.05, 3.63) is 48.0 Å². The molecule has 2 aromatic carbocycles. The molecule has 0 nitrogen and oxygen atoms in total. The highest BCUT2D eigenvalue weighted by molar-refractivity contribution is 6.23. The van der Waals surface area contributed by atoms with E-state index < -0.39 is 0 Å². The van der Waals surface area contributed by atoms with Crippen LogP contribution in [0.5, 0.6) is 0 Å². The smallest absolute Gasteiger partial charge is 0.0411 e. The Kier molecular flexibility index (Phi) is 1.78. The van der Waals surface area contributed by atoms with Gasteiger partial charge in [0.2, 0.25) is 0 Å². The van der Waals surface area contributed by atoms with Crippen LogP contribution < -0.4 is 0 Å². The van der Waals surface area contributed by atoms with E-state index in [1.165, 1.54) is 16.3 Å². The standard InChI is InChI=1S/C13H11Cl/c14-13-8-12(13)11-6-5-9-3-1-2-4-10(9)7-11/h1-7,12-13H,8H2/t12-,13-/m0/s1. The minimum atomic E-state index is 0.371. The summed E-state index contributed by atoms with van der Waals surface area (Å²) in [7, 11) is 0. The lowest BCUT2D eigenvalue weighted by molar-refractivity contribution is 1.14. The van der Waals surface area contributed by atoms with Crippen molar-refractivity contribution in [2.24, 2.45) is 0 Å². The summed E-state index contributed by atoms with van der Waals surface area (Å²) < 4.78 is 0. The van der Waals surface area contributed by atoms with Gasteiger partial charge < -0.3 is 0 Å². The molecule has 0 N–H and O–H groups in total. The summed E-state index contributed by atoms with van der Waals surface area (Å²) in [6, 6.07) is 15.1. The molecule has 0 aliphatic heterocycles. The van der Waals surface area contributed by atoms with Gasteiger partial charge in [0.25, 0.3) is 0 Å². The van der Waals surface area contributed by atoms with E-state index in [-0.39, 0.29) is 0 Å². The van der Waals surface area contributed by atoms with E-state index >= 15 is 0 Å². The molecule has 0 radical (unpaired) electrons. The predicted molar refractivity (Wildman–Crippen MR) is 60.9 cm³/mol. The number of rotatable bonds is 1. The average molecular weight is 203 g/mol. The van der Waals surface area contributed by atoms with Gasteiger partial charge in [0, 0.05) is 11.3 Å². The third kappa shape index (κ3) is 1.31. The molecule has 0 saturated heterocycles. The summed E-state index contributed by atoms with van der Waals surface area (Å²) in [5.41, 5.74) is 1.39. The lowest BCUT2D eigenvalue weighted by Gasteiger charge is -2.01. The molecule has 1 heteroatoms. The number of halogens is 1. The van der Waals surface area contributed by atoms with Crippen molar-refractivity contribution >= 4 is 22.4 Å². The monoisotopic (exact) mass is 202 g/mol. The zero-order chi connectivity index (χ0) is 9.54. The SMILES string of the molecule is Cl[C@H]1C[C@H]1c1ccc2ccccc2c1. The summed E-state index contributed by atoms with van der Waals surface area (Å²) in [4.78, 5) is 0. The molecule has 3 rings (SSSR count). The van der Waals surface area contributed by atoms with Crippen molar-refractivity contribution in [1.29, 1.82) is 0 Å². The number of hydrogen-bond acceptors (Lipinski definition) is 0. The number of alkyl halides is 1. The van der Waals surface area contributed by atoms with Crippen LogP contribution in [0.1, 0.15) is 17.9 Å². The van der Waals surface area contributed by atoms with Gasteiger partial charge in [-0.25, -0.2) is 0 Å². The summed E-state index contributed by atoms with van der Waals surface area (Å²) in [5.74, 6) is 0.598. The van der Waals surface area contributed by atoms with Gasteiger partial charge in [-0.1, -0.05) is 42.5 Å². The first-order valence-corrected chi connectivity index (χ1v) is 5.41. The zero-order valence-corrected chi connectivity index (χ0v) is 8.54. The van der Waals surface area contributed by atoms with Crippen molar-refractivity contribution in [2.45, 2.75) is 17.7 Å². The fourth-order valence-electron chi connectivity index (χ4n) is 1.95. The van der Waals surface area contributed by atoms with E-state index in [1.807, 2.05) is 0 Å². The Labute approximate surface area is 88.5 Å². The lowest BCUT2D eigenvalue weighted by Crippen LogP contribution is -1.82. The average Bonchev–Trinajstić information content (AvgIpc) is 2.95. The lowest BCUT2D eigenvalue weighted by atomic mass is 10.0. The van der Waals surface area contributed by atoms with E-state index in [2.05, 4.69) is 42.5 Å². The third-order valence-electron chi connectivity index (χ3n) is 2.91. The Morgan fingerprint density at radius 2 is 1.71 bits per heavy atom. The molecule has 70 valence electrons. The van der Waals surface area contributed by atoms with Crippen LogP contribution in [0, 0.1) is 0 Å². The maximum absolute atomic E-state index is 6.04. The van der Waals surface area contributed by atoms with Crippen LogP contribution in [0.15, 0.2) is 42.5 Å². The van der Waals surface area contributed by atoms with Crippen molar-refractivity contribution in [3.8, 4) is 0 Å². The van der Waals surface area contributed by atoms with Gasteiger partial charge in [-0.15, -0.1) is 11.6 Å². The van der Waals surface area contributed by atoms with Crippen molar-refractivity contribution in [1.82, 2.24) is 0 Å². The van der Waals surface area contributed by atoms with Crippen LogP contribution in [-0.4, -0.2) is 5.38 Å². The van der Waals surface area contributed by atoms with E-state index in [0.717, 1.165) is 6.42 Å². The molecular weight excluding hydrogens is 192 g/mol. The molecule has 0 amide bonds. The Balaban J connectivity index is 2.11. The normalized spacial score (nSPS) is 25.2. The molecule has 1 fully saturated rings. The highest BCUT2D eigenvalue weighted by Gasteiger charge is 2.36. The molecule has 1 saturated carbocycles. The number of fused-ring (bicyclic) bond motifs is 1. The molecule has 1 aliphatic carbocycles. The van der Waals surface area contributed by atoms with Crippen molar-refractivity contribution in [2.75, 3.05) is 0 Å². The molecule has 0 unspecified atom stereocenters. The van der Waals surface area contributed by atoms with Crippen LogP contribution in [0.2, 0.25) is 0 Å². The first kappa shape index (κ1) is 8.31. The topological polar surface area (TPSA) is 0 Å². The van der Waals surface area contributed by atoms with E-state index in [4.69, 9.17) is 11.6 Å². The van der Waals surface area contributed by atoms with Crippen LogP contribution in [0.3, 0.4) is 0 Å². The van der Waals surface area contributed by atoms with E-state index in [1.54, 1.807) is 0 Å². The fourth-order valence-corrected chi connectivity index (χ4v) is 2.28. The molecule has 2 aromatic rings. The predicted octanol–water partition coefficient (Wildman–Crippen LogP) is 3.93. The first-order valence-electron chi connectivity index (χ1n) is 4.97. The highest BCUT2D eigenvalue weighted by atomic mass is 35.5. The number of hydrogen-bond donors (Lipinski definition) is 0. The maximum Gasteiger partial charge on any atom is 0.0411 e. The molecule has 14 heavy (non-hydrogen) atoms. The van der Waals surface area contributed by atoms with Gasteiger partial charge in [-0.2, -0.15) is 0 Å². The van der Waals surface area contributed by atoms with Gasteiger partial charge in [0.15, 0.2) is 0 Å². The van der Waals surface area contributed by atoms with Crippen molar-refractivity contribution < 1.29 is 0 Å². The minimum absolute atomic E-state index is 0.371. The van der Waals surface area contributed by atoms with Crippen LogP contribution in [-0.2, 0) is 0 Å². The molecule has 0 bridgehead atoms. The van der Waals surface area contributed by atoms with E-state index in [9.17, 15) is 0 Å². The number of benzene rings is 2. The third-order valence-corrected chi connectivity index (χ3v) is 3.40. The van der Waals surface area contributed by atoms with Gasteiger partial charge in [-0.3, -0.25) is 0 Å². The van der Waals surface area contributed by atoms with Gasteiger partial charge in [0.1, 0.15) is 0 Å². The first-order chi connectivity index (χ1) is 6.84. The fraction of sp³-hybridized carbons (Fsp3) is 0.231. The largest absolute Gasteiger partial charge is 0.122 e. The summed E-state index contributed by atoms with van der Waals surface area (Å²) in [5, 5.41) is 3.00. The quantitative estimate of drug-likeness (QED) is 0.615. The minimum Gasteiger partial charge on any atom is -0.122 e. The molecule has 0 aromatic heterocycles. The highest BCUT2D eigenvalue weighted by Crippen LogP contribution is 2.45.